The molecule has 0 amide bonds. The number of hydrogen-bond donors (Lipinski definition) is 0. The second-order valence-corrected chi connectivity index (χ2v) is 0. The van der Waals surface area contributed by atoms with Gasteiger partial charge in [0.25, 0.3) is 0 Å². The summed E-state index contributed by atoms with van der Waals surface area (Å²) in [6.45, 7) is 0. The predicted molar refractivity (Wildman–Crippen MR) is 0 cm³/mol. The van der Waals surface area contributed by atoms with Crippen molar-refractivity contribution >= 4 is 0 Å². The molecule has 0 aromatic carbocycles. The smallest absolute Gasteiger partial charge is 1.00 e. The van der Waals surface area contributed by atoms with Gasteiger partial charge in [0.05, 0.1) is 0 Å². The second-order valence-electron chi connectivity index (χ2n) is 0. The Labute approximate surface area is 135 Å². The number of hydrogen-bond acceptors (Lipinski definition) is 0. The maximum Gasteiger partial charge on any atom is 2.00 e. The van der Waals surface area contributed by atoms with Crippen LogP contribution >= 0.6 is 0 Å². The summed E-state index contributed by atoms with van der Waals surface area (Å²) in [6.07, 6.45) is 0. The van der Waals surface area contributed by atoms with Crippen molar-refractivity contribution < 1.29 is 138 Å². The molecule has 0 bridgehead atoms. The van der Waals surface area contributed by atoms with Crippen LogP contribution in [-0.4, -0.2) is 0 Å². The Bertz CT molecular complexity index is 3.90. The van der Waals surface area contributed by atoms with Gasteiger partial charge in [-0.25, -0.2) is 0 Å². The molecular weight excluding hydrogens is 685 g/mol. The molecule has 0 spiro atoms. The molecule has 6 heavy (non-hydrogen) atoms. The van der Waals surface area contributed by atoms with E-state index in [1.54, 1.807) is 0 Å². The van der Waals surface area contributed by atoms with Gasteiger partial charge in [-0.15, -0.1) is 0 Å². The molecule has 0 saturated carbocycles. The van der Waals surface area contributed by atoms with Crippen LogP contribution in [-0.2, 0) is 18.6 Å². The summed E-state index contributed by atoms with van der Waals surface area (Å²) < 4.78 is 0. The van der Waals surface area contributed by atoms with Crippen LogP contribution in [0.15, 0.2) is 0 Å². The van der Waals surface area contributed by atoms with Crippen molar-refractivity contribution in [2.45, 2.75) is 0 Å². The molecular formula is I5V-3. The maximum atomic E-state index is 0. The van der Waals surface area contributed by atoms with Crippen molar-refractivity contribution in [3.05, 3.63) is 0 Å². The summed E-state index contributed by atoms with van der Waals surface area (Å²) in [5.41, 5.74) is 0. The largest absolute Gasteiger partial charge is 2.00 e. The zero-order chi connectivity index (χ0) is 0. The Morgan fingerprint density at radius 2 is 0.333 bits per heavy atom. The van der Waals surface area contributed by atoms with E-state index in [-0.39, 0.29) is 138 Å². The van der Waals surface area contributed by atoms with Crippen LogP contribution in [0.1, 0.15) is 0 Å². The zero-order valence-electron chi connectivity index (χ0n) is 2.34. The van der Waals surface area contributed by atoms with E-state index in [2.05, 4.69) is 0 Å². The van der Waals surface area contributed by atoms with Crippen LogP contribution in [0.4, 0.5) is 0 Å². The van der Waals surface area contributed by atoms with E-state index in [0.717, 1.165) is 0 Å². The molecule has 6 heteroatoms. The molecule has 0 aliphatic rings. The van der Waals surface area contributed by atoms with Crippen molar-refractivity contribution in [3.63, 3.8) is 0 Å². The molecule has 0 heterocycles. The predicted octanol–water partition coefficient (Wildman–Crippen LogP) is -15.0. The first kappa shape index (κ1) is 48.7. The fourth-order valence-corrected chi connectivity index (χ4v) is 0. The van der Waals surface area contributed by atoms with Gasteiger partial charge in [0.15, 0.2) is 0 Å². The monoisotopic (exact) mass is 685 g/mol. The third kappa shape index (κ3) is 24.0. The minimum Gasteiger partial charge on any atom is -1.00 e. The van der Waals surface area contributed by atoms with Crippen LogP contribution in [0.2, 0.25) is 0 Å². The Hall–Kier alpha value is 4.23. The van der Waals surface area contributed by atoms with E-state index in [1.807, 2.05) is 0 Å². The summed E-state index contributed by atoms with van der Waals surface area (Å²) in [6, 6.07) is 0. The molecule has 0 atom stereocenters. The van der Waals surface area contributed by atoms with E-state index in [4.69, 9.17) is 0 Å². The van der Waals surface area contributed by atoms with Crippen LogP contribution < -0.4 is 120 Å². The van der Waals surface area contributed by atoms with Gasteiger partial charge in [0.2, 0.25) is 0 Å². The molecule has 0 aliphatic carbocycles. The molecule has 0 nitrogen and oxygen atoms in total. The first-order valence-electron chi connectivity index (χ1n) is 0. The Morgan fingerprint density at radius 1 is 0.333 bits per heavy atom. The third-order valence-electron chi connectivity index (χ3n) is 0. The van der Waals surface area contributed by atoms with E-state index >= 15 is 0 Å². The summed E-state index contributed by atoms with van der Waals surface area (Å²) in [5.74, 6) is 0. The summed E-state index contributed by atoms with van der Waals surface area (Å²) in [4.78, 5) is 0. The molecule has 0 aromatic rings. The van der Waals surface area contributed by atoms with Crippen molar-refractivity contribution in [1.82, 2.24) is 0 Å². The quantitative estimate of drug-likeness (QED) is 0.223. The topological polar surface area (TPSA) is 0 Å². The zero-order valence-corrected chi connectivity index (χ0v) is 14.5. The average molecular weight is 685 g/mol. The molecule has 0 rings (SSSR count). The average Bonchev–Trinajstić information content (AvgIpc) is 0. The molecule has 43 valence electrons. The molecule has 0 N–H and O–H groups in total. The van der Waals surface area contributed by atoms with E-state index in [1.165, 1.54) is 0 Å². The van der Waals surface area contributed by atoms with Crippen LogP contribution in [0.3, 0.4) is 0 Å². The minimum absolute atomic E-state index is 0. The molecule has 0 fully saturated rings. The molecule has 0 aromatic heterocycles. The summed E-state index contributed by atoms with van der Waals surface area (Å²) in [7, 11) is 0. The van der Waals surface area contributed by atoms with E-state index in [9.17, 15) is 0 Å². The van der Waals surface area contributed by atoms with Gasteiger partial charge in [-0.05, 0) is 0 Å². The van der Waals surface area contributed by atoms with Crippen molar-refractivity contribution in [1.29, 1.82) is 0 Å². The second kappa shape index (κ2) is 34.9. The first-order chi connectivity index (χ1) is 0. The van der Waals surface area contributed by atoms with Crippen LogP contribution in [0.25, 0.3) is 0 Å². The van der Waals surface area contributed by atoms with Crippen LogP contribution in [0.5, 0.6) is 0 Å². The Balaban J connectivity index is 0. The fourth-order valence-electron chi connectivity index (χ4n) is 0. The summed E-state index contributed by atoms with van der Waals surface area (Å²) >= 11 is 0. The van der Waals surface area contributed by atoms with Gasteiger partial charge in [0.1, 0.15) is 0 Å². The first-order valence-corrected chi connectivity index (χ1v) is 0. The molecule has 0 aliphatic heterocycles. The minimum atomic E-state index is 0. The number of rotatable bonds is 0. The Kier molecular flexibility index (Phi) is 283. The van der Waals surface area contributed by atoms with Crippen LogP contribution in [0, 0.1) is 0 Å². The van der Waals surface area contributed by atoms with E-state index < -0.39 is 0 Å². The molecule has 0 unspecified atom stereocenters. The van der Waals surface area contributed by atoms with E-state index in [0.29, 0.717) is 0 Å². The standard InChI is InChI=1S/5HI.V/h5*1H;/q;;;;;+2/p-5. The fraction of sp³-hybridized carbons (Fsp3) is 0. The van der Waals surface area contributed by atoms with Crippen molar-refractivity contribution in [2.24, 2.45) is 0 Å². The normalized spacial score (nSPS) is 0. The van der Waals surface area contributed by atoms with Gasteiger partial charge in [-0.2, -0.15) is 0 Å². The number of halogens is 5. The molecule has 1 radical (unpaired) electrons. The maximum absolute atomic E-state index is 0. The van der Waals surface area contributed by atoms with Crippen molar-refractivity contribution in [3.8, 4) is 0 Å². The summed E-state index contributed by atoms with van der Waals surface area (Å²) in [5, 5.41) is 0. The van der Waals surface area contributed by atoms with Gasteiger partial charge in [-0.1, -0.05) is 0 Å². The van der Waals surface area contributed by atoms with Crippen molar-refractivity contribution in [2.75, 3.05) is 0 Å². The Morgan fingerprint density at radius 3 is 0.333 bits per heavy atom. The molecule has 0 saturated heterocycles. The van der Waals surface area contributed by atoms with Gasteiger partial charge in [-0.3, -0.25) is 0 Å². The SMILES string of the molecule is [I-].[I-].[I-].[I-].[I-].[V+2]. The van der Waals surface area contributed by atoms with Gasteiger partial charge < -0.3 is 120 Å². The van der Waals surface area contributed by atoms with Gasteiger partial charge >= 0.3 is 18.6 Å². The van der Waals surface area contributed by atoms with Gasteiger partial charge in [0, 0.05) is 0 Å². The third-order valence-corrected chi connectivity index (χ3v) is 0.